The number of hydrogen-bond donors (Lipinski definition) is 2. The molecule has 0 aliphatic heterocycles. The molecule has 1 aromatic rings. The van der Waals surface area contributed by atoms with Gasteiger partial charge < -0.3 is 15.2 Å². The van der Waals surface area contributed by atoms with E-state index in [1.165, 1.54) is 19.3 Å². The third kappa shape index (κ3) is 3.19. The fourth-order valence-corrected chi connectivity index (χ4v) is 5.90. The number of carboxylic acids is 1. The Morgan fingerprint density at radius 2 is 1.65 bits per heavy atom. The van der Waals surface area contributed by atoms with E-state index in [4.69, 9.17) is 4.74 Å². The number of hydrogen-bond acceptors (Lipinski definition) is 3. The highest BCUT2D eigenvalue weighted by Gasteiger charge is 2.54. The minimum atomic E-state index is -0.973. The van der Waals surface area contributed by atoms with E-state index in [2.05, 4.69) is 5.32 Å². The van der Waals surface area contributed by atoms with Crippen LogP contribution in [-0.2, 0) is 16.0 Å². The Bertz CT molecular complexity index is 661. The molecular formula is C21H27NO4. The minimum absolute atomic E-state index is 0.0301. The number of ether oxygens (including phenoxy) is 1. The summed E-state index contributed by atoms with van der Waals surface area (Å²) in [5.41, 5.74) is 0.562. The van der Waals surface area contributed by atoms with Crippen LogP contribution in [0.2, 0.25) is 0 Å². The van der Waals surface area contributed by atoms with Gasteiger partial charge in [-0.25, -0.2) is 4.79 Å². The van der Waals surface area contributed by atoms with Crippen LogP contribution in [0, 0.1) is 23.2 Å². The van der Waals surface area contributed by atoms with Gasteiger partial charge in [-0.1, -0.05) is 12.1 Å². The molecule has 5 heteroatoms. The lowest BCUT2D eigenvalue weighted by molar-refractivity contribution is -0.151. The average molecular weight is 357 g/mol. The molecule has 1 aromatic carbocycles. The first-order valence-corrected chi connectivity index (χ1v) is 9.64. The van der Waals surface area contributed by atoms with Crippen LogP contribution in [0.1, 0.15) is 44.1 Å². The molecule has 1 amide bonds. The van der Waals surface area contributed by atoms with Crippen molar-refractivity contribution in [1.82, 2.24) is 5.32 Å². The molecule has 4 aliphatic rings. The van der Waals surface area contributed by atoms with Gasteiger partial charge in [0.05, 0.1) is 7.11 Å². The molecule has 0 spiro atoms. The number of nitrogens with one attached hydrogen (secondary N) is 1. The summed E-state index contributed by atoms with van der Waals surface area (Å²) < 4.78 is 5.14. The minimum Gasteiger partial charge on any atom is -0.497 e. The molecule has 0 heterocycles. The monoisotopic (exact) mass is 357 g/mol. The van der Waals surface area contributed by atoms with Crippen molar-refractivity contribution in [3.05, 3.63) is 29.8 Å². The molecule has 5 rings (SSSR count). The van der Waals surface area contributed by atoms with E-state index in [9.17, 15) is 14.7 Å². The van der Waals surface area contributed by atoms with Gasteiger partial charge >= 0.3 is 5.97 Å². The van der Waals surface area contributed by atoms with Crippen molar-refractivity contribution in [2.24, 2.45) is 23.2 Å². The lowest BCUT2D eigenvalue weighted by Crippen LogP contribution is -2.56. The Morgan fingerprint density at radius 3 is 2.12 bits per heavy atom. The summed E-state index contributed by atoms with van der Waals surface area (Å²) in [6, 6.07) is 6.45. The molecule has 4 fully saturated rings. The fraction of sp³-hybridized carbons (Fsp3) is 0.619. The van der Waals surface area contributed by atoms with Gasteiger partial charge in [-0.3, -0.25) is 4.79 Å². The van der Waals surface area contributed by atoms with Crippen molar-refractivity contribution in [3.63, 3.8) is 0 Å². The van der Waals surface area contributed by atoms with Crippen LogP contribution < -0.4 is 10.1 Å². The smallest absolute Gasteiger partial charge is 0.326 e. The molecular weight excluding hydrogens is 330 g/mol. The van der Waals surface area contributed by atoms with Gasteiger partial charge in [0, 0.05) is 11.8 Å². The van der Waals surface area contributed by atoms with Crippen molar-refractivity contribution in [2.75, 3.05) is 7.11 Å². The molecule has 0 aromatic heterocycles. The highest BCUT2D eigenvalue weighted by atomic mass is 16.5. The van der Waals surface area contributed by atoms with Gasteiger partial charge in [0.25, 0.3) is 0 Å². The summed E-state index contributed by atoms with van der Waals surface area (Å²) in [4.78, 5) is 24.9. The average Bonchev–Trinajstić information content (AvgIpc) is 2.60. The summed E-state index contributed by atoms with van der Waals surface area (Å²) in [6.07, 6.45) is 6.92. The number of aliphatic carboxylic acids is 1. The van der Waals surface area contributed by atoms with Crippen LogP contribution in [0.4, 0.5) is 0 Å². The quantitative estimate of drug-likeness (QED) is 0.821. The van der Waals surface area contributed by atoms with E-state index in [1.54, 1.807) is 7.11 Å². The third-order valence-electron chi connectivity index (χ3n) is 6.72. The molecule has 140 valence electrons. The van der Waals surface area contributed by atoms with E-state index in [0.717, 1.165) is 30.6 Å². The number of carbonyl (C=O) groups is 2. The molecule has 4 bridgehead atoms. The number of carboxylic acid groups (broad SMARTS) is 1. The molecule has 26 heavy (non-hydrogen) atoms. The number of rotatable bonds is 6. The van der Waals surface area contributed by atoms with E-state index in [0.29, 0.717) is 17.8 Å². The van der Waals surface area contributed by atoms with E-state index >= 15 is 0 Å². The summed E-state index contributed by atoms with van der Waals surface area (Å²) >= 11 is 0. The standard InChI is InChI=1S/C21H27NO4/c1-26-17-4-2-13(3-5-17)9-18(19(23)24)22-20(25)21-10-14-6-15(11-21)8-16(7-14)12-21/h2-5,14-16,18H,6-12H2,1H3,(H,22,25)(H,23,24)/t14?,15?,16?,18-,21?/m1/s1. The number of amides is 1. The first-order valence-electron chi connectivity index (χ1n) is 9.64. The maximum absolute atomic E-state index is 13.1. The van der Waals surface area contributed by atoms with Crippen LogP contribution in [0.3, 0.4) is 0 Å². The zero-order chi connectivity index (χ0) is 18.3. The molecule has 5 nitrogen and oxygen atoms in total. The van der Waals surface area contributed by atoms with Crippen LogP contribution in [0.25, 0.3) is 0 Å². The zero-order valence-electron chi connectivity index (χ0n) is 15.2. The Kier molecular flexibility index (Phi) is 4.41. The molecule has 4 saturated carbocycles. The predicted molar refractivity (Wildman–Crippen MR) is 96.9 cm³/mol. The fourth-order valence-electron chi connectivity index (χ4n) is 5.90. The zero-order valence-corrected chi connectivity index (χ0v) is 15.2. The molecule has 1 atom stereocenters. The second kappa shape index (κ2) is 6.60. The Morgan fingerprint density at radius 1 is 1.12 bits per heavy atom. The summed E-state index contributed by atoms with van der Waals surface area (Å²) in [5, 5.41) is 12.5. The summed E-state index contributed by atoms with van der Waals surface area (Å²) in [6.45, 7) is 0. The van der Waals surface area contributed by atoms with Gasteiger partial charge in [0.15, 0.2) is 0 Å². The first kappa shape index (κ1) is 17.4. The van der Waals surface area contributed by atoms with Crippen molar-refractivity contribution in [1.29, 1.82) is 0 Å². The first-order chi connectivity index (χ1) is 12.5. The highest BCUT2D eigenvalue weighted by molar-refractivity contribution is 5.88. The Labute approximate surface area is 154 Å². The second-order valence-corrected chi connectivity index (χ2v) is 8.61. The Balaban J connectivity index is 1.46. The predicted octanol–water partition coefficient (Wildman–Crippen LogP) is 3.02. The van der Waals surface area contributed by atoms with Crippen LogP contribution in [0.5, 0.6) is 5.75 Å². The highest BCUT2D eigenvalue weighted by Crippen LogP contribution is 2.60. The van der Waals surface area contributed by atoms with Crippen molar-refractivity contribution >= 4 is 11.9 Å². The molecule has 4 aliphatic carbocycles. The maximum atomic E-state index is 13.1. The van der Waals surface area contributed by atoms with Gasteiger partial charge in [-0.15, -0.1) is 0 Å². The van der Waals surface area contributed by atoms with Crippen molar-refractivity contribution in [2.45, 2.75) is 51.0 Å². The largest absolute Gasteiger partial charge is 0.497 e. The van der Waals surface area contributed by atoms with Crippen LogP contribution >= 0.6 is 0 Å². The van der Waals surface area contributed by atoms with E-state index < -0.39 is 12.0 Å². The molecule has 0 saturated heterocycles. The molecule has 2 N–H and O–H groups in total. The number of carbonyl (C=O) groups excluding carboxylic acids is 1. The molecule has 0 unspecified atom stereocenters. The van der Waals surface area contributed by atoms with Gasteiger partial charge in [-0.05, 0) is 74.0 Å². The Hall–Kier alpha value is -2.04. The summed E-state index contributed by atoms with van der Waals surface area (Å²) in [5.74, 6) is 1.72. The normalized spacial score (nSPS) is 32.9. The van der Waals surface area contributed by atoms with Gasteiger partial charge in [0.1, 0.15) is 11.8 Å². The van der Waals surface area contributed by atoms with E-state index in [-0.39, 0.29) is 17.7 Å². The lowest BCUT2D eigenvalue weighted by atomic mass is 9.49. The van der Waals surface area contributed by atoms with Crippen LogP contribution in [-0.4, -0.2) is 30.1 Å². The summed E-state index contributed by atoms with van der Waals surface area (Å²) in [7, 11) is 1.60. The molecule has 0 radical (unpaired) electrons. The van der Waals surface area contributed by atoms with Crippen molar-refractivity contribution < 1.29 is 19.4 Å². The second-order valence-electron chi connectivity index (χ2n) is 8.61. The SMILES string of the molecule is COc1ccc(C[C@@H](NC(=O)C23CC4CC(CC(C4)C2)C3)C(=O)O)cc1. The van der Waals surface area contributed by atoms with Gasteiger partial charge in [0.2, 0.25) is 5.91 Å². The lowest BCUT2D eigenvalue weighted by Gasteiger charge is -2.55. The number of methoxy groups -OCH3 is 1. The van der Waals surface area contributed by atoms with E-state index in [1.807, 2.05) is 24.3 Å². The van der Waals surface area contributed by atoms with Gasteiger partial charge in [-0.2, -0.15) is 0 Å². The topological polar surface area (TPSA) is 75.6 Å². The maximum Gasteiger partial charge on any atom is 0.326 e. The van der Waals surface area contributed by atoms with Crippen molar-refractivity contribution in [3.8, 4) is 5.75 Å². The third-order valence-corrected chi connectivity index (χ3v) is 6.72. The van der Waals surface area contributed by atoms with Crippen LogP contribution in [0.15, 0.2) is 24.3 Å². The number of benzene rings is 1.